The van der Waals surface area contributed by atoms with E-state index in [4.69, 9.17) is 18.5 Å². The highest BCUT2D eigenvalue weighted by atomic mass is 31.2. The fraction of sp³-hybridized carbons (Fsp3) is 0.938. The number of nitrogens with zero attached hydrogens (tertiary/aromatic N) is 1. The molecule has 0 spiro atoms. The summed E-state index contributed by atoms with van der Waals surface area (Å²) in [5.41, 5.74) is 0. The van der Waals surface area contributed by atoms with Crippen molar-refractivity contribution in [1.29, 1.82) is 0 Å². The normalized spacial score (nSPS) is 14.0. The molecule has 9 nitrogen and oxygen atoms in total. The molecular weight excluding hydrogens is 557 g/mol. The van der Waals surface area contributed by atoms with Gasteiger partial charge in [0.15, 0.2) is 6.10 Å². The maximum atomic E-state index is 12.1. The van der Waals surface area contributed by atoms with Crippen LogP contribution in [-0.2, 0) is 32.7 Å². The summed E-state index contributed by atoms with van der Waals surface area (Å²) < 4.78 is 32.8. The number of carbonyl (C=O) groups is 2. The van der Waals surface area contributed by atoms with Gasteiger partial charge in [0.05, 0.1) is 27.7 Å². The molecule has 0 saturated carbocycles. The minimum Gasteiger partial charge on any atom is -0.462 e. The summed E-state index contributed by atoms with van der Waals surface area (Å²) in [7, 11) is 1.47. The third-order valence-electron chi connectivity index (χ3n) is 7.19. The Bertz CT molecular complexity index is 713. The topological polar surface area (TPSA) is 108 Å². The van der Waals surface area contributed by atoms with E-state index in [1.165, 1.54) is 110 Å². The van der Waals surface area contributed by atoms with Gasteiger partial charge < -0.3 is 18.9 Å². The molecule has 0 aliphatic carbocycles. The number of unbranched alkanes of at least 4 members (excludes halogenated alkanes) is 18. The molecule has 0 fully saturated rings. The monoisotopic (exact) mass is 622 g/mol. The molecule has 1 N–H and O–H groups in total. The van der Waals surface area contributed by atoms with E-state index < -0.39 is 26.5 Å². The molecule has 0 saturated heterocycles. The molecule has 0 heterocycles. The molecule has 10 heteroatoms. The van der Waals surface area contributed by atoms with E-state index in [-0.39, 0.29) is 19.2 Å². The van der Waals surface area contributed by atoms with Gasteiger partial charge in [-0.05, 0) is 6.42 Å². The SMILES string of the molecule is CCCCCCCCCCCCCCCCCCCCCC(=O)OC[C@H](COP(=O)(O)OCC[N+](C)(C)C)OC(C)=O. The van der Waals surface area contributed by atoms with Crippen LogP contribution in [0.2, 0.25) is 0 Å². The zero-order chi connectivity index (χ0) is 31.5. The summed E-state index contributed by atoms with van der Waals surface area (Å²) in [4.78, 5) is 33.4. The first kappa shape index (κ1) is 41.0. The average Bonchev–Trinajstić information content (AvgIpc) is 2.90. The lowest BCUT2D eigenvalue weighted by Gasteiger charge is -2.24. The van der Waals surface area contributed by atoms with E-state index >= 15 is 0 Å². The Hall–Kier alpha value is -0.990. The first-order valence-electron chi connectivity index (χ1n) is 16.7. The fourth-order valence-corrected chi connectivity index (χ4v) is 5.34. The smallest absolute Gasteiger partial charge is 0.462 e. The van der Waals surface area contributed by atoms with Crippen LogP contribution in [0.25, 0.3) is 0 Å². The number of likely N-dealkylation sites (N-methyl/N-ethyl adjacent to an activating group) is 1. The van der Waals surface area contributed by atoms with Gasteiger partial charge in [-0.25, -0.2) is 4.57 Å². The van der Waals surface area contributed by atoms with E-state index in [9.17, 15) is 19.0 Å². The second kappa shape index (κ2) is 26.4. The zero-order valence-electron chi connectivity index (χ0n) is 27.7. The maximum Gasteiger partial charge on any atom is 0.472 e. The Labute approximate surface area is 257 Å². The van der Waals surface area contributed by atoms with Crippen molar-refractivity contribution in [2.45, 2.75) is 148 Å². The van der Waals surface area contributed by atoms with Crippen LogP contribution in [0, 0.1) is 0 Å². The number of carbonyl (C=O) groups excluding carboxylic acids is 2. The largest absolute Gasteiger partial charge is 0.472 e. The first-order chi connectivity index (χ1) is 19.9. The summed E-state index contributed by atoms with van der Waals surface area (Å²) in [6.07, 6.45) is 23.9. The van der Waals surface area contributed by atoms with Crippen LogP contribution in [0.4, 0.5) is 0 Å². The van der Waals surface area contributed by atoms with Gasteiger partial charge in [-0.2, -0.15) is 0 Å². The molecule has 0 aromatic rings. The van der Waals surface area contributed by atoms with Gasteiger partial charge in [0.25, 0.3) is 0 Å². The number of ether oxygens (including phenoxy) is 2. The Balaban J connectivity index is 3.74. The van der Waals surface area contributed by atoms with Crippen LogP contribution in [0.5, 0.6) is 0 Å². The van der Waals surface area contributed by atoms with Gasteiger partial charge >= 0.3 is 19.8 Å². The molecule has 0 aliphatic heterocycles. The maximum absolute atomic E-state index is 12.1. The molecule has 0 bridgehead atoms. The quantitative estimate of drug-likeness (QED) is 0.0370. The van der Waals surface area contributed by atoms with Gasteiger partial charge in [-0.1, -0.05) is 122 Å². The lowest BCUT2D eigenvalue weighted by molar-refractivity contribution is -0.870. The van der Waals surface area contributed by atoms with Gasteiger partial charge in [-0.15, -0.1) is 0 Å². The zero-order valence-corrected chi connectivity index (χ0v) is 28.6. The fourth-order valence-electron chi connectivity index (χ4n) is 4.60. The second-order valence-electron chi connectivity index (χ2n) is 12.6. The molecule has 42 heavy (non-hydrogen) atoms. The van der Waals surface area contributed by atoms with Crippen LogP contribution in [-0.4, -0.2) is 74.9 Å². The van der Waals surface area contributed by atoms with Crippen LogP contribution >= 0.6 is 7.82 Å². The summed E-state index contributed by atoms with van der Waals surface area (Å²) >= 11 is 0. The van der Waals surface area contributed by atoms with E-state index in [1.54, 1.807) is 0 Å². The highest BCUT2D eigenvalue weighted by molar-refractivity contribution is 7.47. The third kappa shape index (κ3) is 30.5. The van der Waals surface area contributed by atoms with E-state index in [0.717, 1.165) is 19.3 Å². The van der Waals surface area contributed by atoms with Crippen molar-refractivity contribution in [3.63, 3.8) is 0 Å². The second-order valence-corrected chi connectivity index (χ2v) is 14.1. The first-order valence-corrected chi connectivity index (χ1v) is 18.2. The number of hydrogen-bond donors (Lipinski definition) is 1. The van der Waals surface area contributed by atoms with Crippen LogP contribution in [0.1, 0.15) is 142 Å². The van der Waals surface area contributed by atoms with E-state index in [1.807, 2.05) is 21.1 Å². The molecule has 2 atom stereocenters. The highest BCUT2D eigenvalue weighted by Gasteiger charge is 2.26. The number of phosphoric acid groups is 1. The van der Waals surface area contributed by atoms with Crippen molar-refractivity contribution in [2.24, 2.45) is 0 Å². The Morgan fingerprint density at radius 1 is 0.690 bits per heavy atom. The number of quaternary nitrogens is 1. The average molecular weight is 623 g/mol. The summed E-state index contributed by atoms with van der Waals surface area (Å²) in [6, 6.07) is 0. The molecule has 1 unspecified atom stereocenters. The molecule has 0 aromatic carbocycles. The molecule has 0 radical (unpaired) electrons. The lowest BCUT2D eigenvalue weighted by Crippen LogP contribution is -2.37. The van der Waals surface area contributed by atoms with Gasteiger partial charge in [0.1, 0.15) is 19.8 Å². The Morgan fingerprint density at radius 2 is 1.12 bits per heavy atom. The standard InChI is InChI=1S/C32H64NO8P/c1-6-7-8-9-10-11-12-13-14-15-16-17-18-19-20-21-22-23-24-25-32(35)38-28-31(41-30(2)34)29-40-42(36,37)39-27-26-33(3,4)5/h31H,6-29H2,1-5H3/p+1/t31-/m1/s1. The van der Waals surface area contributed by atoms with E-state index in [2.05, 4.69) is 6.92 Å². The van der Waals surface area contributed by atoms with Crippen LogP contribution in [0.15, 0.2) is 0 Å². The predicted molar refractivity (Wildman–Crippen MR) is 169 cm³/mol. The van der Waals surface area contributed by atoms with Crippen molar-refractivity contribution in [3.8, 4) is 0 Å². The van der Waals surface area contributed by atoms with Gasteiger partial charge in [0.2, 0.25) is 0 Å². The minimum atomic E-state index is -4.32. The van der Waals surface area contributed by atoms with Gasteiger partial charge in [-0.3, -0.25) is 18.6 Å². The number of esters is 2. The molecular formula is C32H65NO8P+. The summed E-state index contributed by atoms with van der Waals surface area (Å²) in [5.74, 6) is -0.984. The van der Waals surface area contributed by atoms with Crippen LogP contribution in [0.3, 0.4) is 0 Å². The lowest BCUT2D eigenvalue weighted by atomic mass is 10.0. The molecule has 0 amide bonds. The number of hydrogen-bond acceptors (Lipinski definition) is 7. The minimum absolute atomic E-state index is 0.0317. The van der Waals surface area contributed by atoms with Crippen molar-refractivity contribution >= 4 is 19.8 Å². The molecule has 250 valence electrons. The molecule has 0 aliphatic rings. The Morgan fingerprint density at radius 3 is 1.52 bits per heavy atom. The van der Waals surface area contributed by atoms with Crippen molar-refractivity contribution in [1.82, 2.24) is 0 Å². The highest BCUT2D eigenvalue weighted by Crippen LogP contribution is 2.43. The van der Waals surface area contributed by atoms with Crippen LogP contribution < -0.4 is 0 Å². The predicted octanol–water partition coefficient (Wildman–Crippen LogP) is 8.12. The van der Waals surface area contributed by atoms with Crippen molar-refractivity contribution in [3.05, 3.63) is 0 Å². The van der Waals surface area contributed by atoms with Crippen molar-refractivity contribution in [2.75, 3.05) is 47.5 Å². The molecule has 0 aromatic heterocycles. The van der Waals surface area contributed by atoms with Crippen molar-refractivity contribution < 1.29 is 42.1 Å². The number of rotatable bonds is 30. The van der Waals surface area contributed by atoms with Gasteiger partial charge in [0, 0.05) is 13.3 Å². The third-order valence-corrected chi connectivity index (χ3v) is 8.17. The number of phosphoric ester groups is 1. The Kier molecular flexibility index (Phi) is 25.8. The summed E-state index contributed by atoms with van der Waals surface area (Å²) in [5, 5.41) is 0. The molecule has 0 rings (SSSR count). The summed E-state index contributed by atoms with van der Waals surface area (Å²) in [6.45, 7) is 3.37. The van der Waals surface area contributed by atoms with E-state index in [0.29, 0.717) is 17.4 Å².